The molecule has 2 aromatic heterocycles. The standard InChI is InChI=1S/C9H8ClNS2/c10-8-2-1-7(13-8)9(11)6-3-4-12-5-6/h1-5,9H,11H2/t9-/m0/s1. The molecule has 0 saturated carbocycles. The van der Waals surface area contributed by atoms with Gasteiger partial charge in [-0.3, -0.25) is 0 Å². The van der Waals surface area contributed by atoms with Crippen LogP contribution in [-0.2, 0) is 0 Å². The zero-order valence-electron chi connectivity index (χ0n) is 6.74. The van der Waals surface area contributed by atoms with Crippen LogP contribution in [0, 0.1) is 0 Å². The van der Waals surface area contributed by atoms with E-state index in [0.717, 1.165) is 14.8 Å². The molecule has 0 amide bonds. The van der Waals surface area contributed by atoms with Crippen LogP contribution in [0.15, 0.2) is 29.0 Å². The molecule has 2 aromatic rings. The van der Waals surface area contributed by atoms with Crippen LogP contribution in [0.4, 0.5) is 0 Å². The van der Waals surface area contributed by atoms with Gasteiger partial charge in [0, 0.05) is 4.88 Å². The minimum absolute atomic E-state index is 0.0243. The second-order valence-electron chi connectivity index (χ2n) is 2.68. The summed E-state index contributed by atoms with van der Waals surface area (Å²) in [6.45, 7) is 0. The van der Waals surface area contributed by atoms with Gasteiger partial charge in [-0.05, 0) is 34.5 Å². The summed E-state index contributed by atoms with van der Waals surface area (Å²) in [4.78, 5) is 1.11. The molecule has 2 N–H and O–H groups in total. The molecular formula is C9H8ClNS2. The zero-order chi connectivity index (χ0) is 9.26. The second kappa shape index (κ2) is 3.80. The average molecular weight is 230 g/mol. The van der Waals surface area contributed by atoms with Crippen LogP contribution in [0.5, 0.6) is 0 Å². The van der Waals surface area contributed by atoms with Crippen molar-refractivity contribution in [3.8, 4) is 0 Å². The molecule has 0 saturated heterocycles. The highest BCUT2D eigenvalue weighted by Gasteiger charge is 2.10. The minimum Gasteiger partial charge on any atom is -0.320 e. The van der Waals surface area contributed by atoms with Crippen LogP contribution in [0.25, 0.3) is 0 Å². The molecule has 0 fully saturated rings. The van der Waals surface area contributed by atoms with Crippen molar-refractivity contribution >= 4 is 34.3 Å². The van der Waals surface area contributed by atoms with E-state index in [1.807, 2.05) is 23.6 Å². The third kappa shape index (κ3) is 1.94. The highest BCUT2D eigenvalue weighted by molar-refractivity contribution is 7.16. The van der Waals surface area contributed by atoms with Crippen molar-refractivity contribution in [1.29, 1.82) is 0 Å². The van der Waals surface area contributed by atoms with Crippen LogP contribution in [0.1, 0.15) is 16.5 Å². The van der Waals surface area contributed by atoms with Gasteiger partial charge in [-0.2, -0.15) is 11.3 Å². The third-order valence-electron chi connectivity index (χ3n) is 1.80. The highest BCUT2D eigenvalue weighted by atomic mass is 35.5. The fourth-order valence-corrected chi connectivity index (χ4v) is 2.90. The van der Waals surface area contributed by atoms with Gasteiger partial charge in [0.15, 0.2) is 0 Å². The topological polar surface area (TPSA) is 26.0 Å². The molecule has 2 heterocycles. The molecule has 1 nitrogen and oxygen atoms in total. The molecule has 1 atom stereocenters. The summed E-state index contributed by atoms with van der Waals surface area (Å²) in [7, 11) is 0. The summed E-state index contributed by atoms with van der Waals surface area (Å²) in [6, 6.07) is 5.88. The number of nitrogens with two attached hydrogens (primary N) is 1. The summed E-state index contributed by atoms with van der Waals surface area (Å²) in [5, 5.41) is 4.10. The molecule has 0 aliphatic carbocycles. The van der Waals surface area contributed by atoms with Crippen LogP contribution in [0.3, 0.4) is 0 Å². The Balaban J connectivity index is 2.28. The number of halogens is 1. The Morgan fingerprint density at radius 3 is 2.69 bits per heavy atom. The van der Waals surface area contributed by atoms with E-state index in [1.165, 1.54) is 11.3 Å². The lowest BCUT2D eigenvalue weighted by Crippen LogP contribution is -2.08. The lowest BCUT2D eigenvalue weighted by atomic mass is 10.1. The first-order chi connectivity index (χ1) is 6.27. The largest absolute Gasteiger partial charge is 0.320 e. The van der Waals surface area contributed by atoms with Gasteiger partial charge in [0.05, 0.1) is 10.4 Å². The Morgan fingerprint density at radius 1 is 1.31 bits per heavy atom. The van der Waals surface area contributed by atoms with E-state index in [0.29, 0.717) is 0 Å². The van der Waals surface area contributed by atoms with E-state index in [4.69, 9.17) is 17.3 Å². The first-order valence-corrected chi connectivity index (χ1v) is 5.94. The summed E-state index contributed by atoms with van der Waals surface area (Å²) in [6.07, 6.45) is 0. The Kier molecular flexibility index (Phi) is 2.69. The average Bonchev–Trinajstić information content (AvgIpc) is 2.72. The SMILES string of the molecule is N[C@@H](c1ccsc1)c1ccc(Cl)s1. The number of rotatable bonds is 2. The van der Waals surface area contributed by atoms with Crippen molar-refractivity contribution in [1.82, 2.24) is 0 Å². The molecule has 13 heavy (non-hydrogen) atoms. The quantitative estimate of drug-likeness (QED) is 0.838. The molecule has 0 radical (unpaired) electrons. The Bertz CT molecular complexity index is 380. The highest BCUT2D eigenvalue weighted by Crippen LogP contribution is 2.30. The Labute approximate surface area is 89.8 Å². The van der Waals surface area contributed by atoms with Crippen molar-refractivity contribution < 1.29 is 0 Å². The van der Waals surface area contributed by atoms with Crippen molar-refractivity contribution in [2.24, 2.45) is 5.73 Å². The maximum atomic E-state index is 6.03. The van der Waals surface area contributed by atoms with E-state index in [9.17, 15) is 0 Å². The maximum absolute atomic E-state index is 6.03. The molecule has 68 valence electrons. The van der Waals surface area contributed by atoms with Crippen molar-refractivity contribution in [2.45, 2.75) is 6.04 Å². The lowest BCUT2D eigenvalue weighted by molar-refractivity contribution is 0.899. The lowest BCUT2D eigenvalue weighted by Gasteiger charge is -2.05. The summed E-state index contributed by atoms with van der Waals surface area (Å²) in [5.74, 6) is 0. The second-order valence-corrected chi connectivity index (χ2v) is 5.20. The minimum atomic E-state index is -0.0243. The molecule has 0 aromatic carbocycles. The van der Waals surface area contributed by atoms with Gasteiger partial charge < -0.3 is 5.73 Å². The Morgan fingerprint density at radius 2 is 2.15 bits per heavy atom. The fourth-order valence-electron chi connectivity index (χ4n) is 1.11. The molecule has 0 bridgehead atoms. The first-order valence-electron chi connectivity index (χ1n) is 3.80. The monoisotopic (exact) mass is 229 g/mol. The maximum Gasteiger partial charge on any atom is 0.0931 e. The molecule has 0 spiro atoms. The van der Waals surface area contributed by atoms with E-state index in [-0.39, 0.29) is 6.04 Å². The normalized spacial score (nSPS) is 13.1. The molecule has 0 unspecified atom stereocenters. The van der Waals surface area contributed by atoms with Gasteiger partial charge in [0.1, 0.15) is 0 Å². The van der Waals surface area contributed by atoms with E-state index < -0.39 is 0 Å². The molecule has 4 heteroatoms. The van der Waals surface area contributed by atoms with E-state index >= 15 is 0 Å². The third-order valence-corrected chi connectivity index (χ3v) is 3.82. The number of hydrogen-bond acceptors (Lipinski definition) is 3. The molecule has 0 aliphatic heterocycles. The van der Waals surface area contributed by atoms with Crippen LogP contribution in [-0.4, -0.2) is 0 Å². The number of thiophene rings is 2. The van der Waals surface area contributed by atoms with Crippen molar-refractivity contribution in [3.05, 3.63) is 43.7 Å². The van der Waals surface area contributed by atoms with Gasteiger partial charge in [-0.25, -0.2) is 0 Å². The van der Waals surface area contributed by atoms with E-state index in [2.05, 4.69) is 5.38 Å². The predicted octanol–water partition coefficient (Wildman–Crippen LogP) is 3.51. The fraction of sp³-hybridized carbons (Fsp3) is 0.111. The van der Waals surface area contributed by atoms with Crippen LogP contribution >= 0.6 is 34.3 Å². The predicted molar refractivity (Wildman–Crippen MR) is 59.7 cm³/mol. The van der Waals surface area contributed by atoms with E-state index in [1.54, 1.807) is 11.3 Å². The number of hydrogen-bond donors (Lipinski definition) is 1. The smallest absolute Gasteiger partial charge is 0.0931 e. The van der Waals surface area contributed by atoms with Gasteiger partial charge >= 0.3 is 0 Å². The van der Waals surface area contributed by atoms with Crippen LogP contribution in [0.2, 0.25) is 4.34 Å². The van der Waals surface area contributed by atoms with Crippen molar-refractivity contribution in [3.63, 3.8) is 0 Å². The summed E-state index contributed by atoms with van der Waals surface area (Å²) < 4.78 is 0.792. The van der Waals surface area contributed by atoms with Crippen molar-refractivity contribution in [2.75, 3.05) is 0 Å². The first kappa shape index (κ1) is 9.21. The van der Waals surface area contributed by atoms with Crippen LogP contribution < -0.4 is 5.73 Å². The summed E-state index contributed by atoms with van der Waals surface area (Å²) in [5.41, 5.74) is 7.19. The Hall–Kier alpha value is -0.350. The van der Waals surface area contributed by atoms with Gasteiger partial charge in [-0.1, -0.05) is 11.6 Å². The zero-order valence-corrected chi connectivity index (χ0v) is 9.12. The van der Waals surface area contributed by atoms with Gasteiger partial charge in [0.2, 0.25) is 0 Å². The molecule has 2 rings (SSSR count). The van der Waals surface area contributed by atoms with Gasteiger partial charge in [-0.15, -0.1) is 11.3 Å². The van der Waals surface area contributed by atoms with Gasteiger partial charge in [0.25, 0.3) is 0 Å². The molecule has 0 aliphatic rings. The molecular weight excluding hydrogens is 222 g/mol. The summed E-state index contributed by atoms with van der Waals surface area (Å²) >= 11 is 9.03.